The number of aromatic nitrogens is 2. The van der Waals surface area contributed by atoms with Crippen LogP contribution in [0.5, 0.6) is 0 Å². The van der Waals surface area contributed by atoms with Crippen molar-refractivity contribution in [2.45, 2.75) is 25.5 Å². The lowest BCUT2D eigenvalue weighted by Crippen LogP contribution is -2.37. The summed E-state index contributed by atoms with van der Waals surface area (Å²) >= 11 is 5.85. The molecule has 1 aromatic carbocycles. The van der Waals surface area contributed by atoms with E-state index in [1.807, 2.05) is 12.1 Å². The fraction of sp³-hybridized carbons (Fsp3) is 0.429. The molecule has 3 rings (SSSR count). The van der Waals surface area contributed by atoms with Gasteiger partial charge in [0.2, 0.25) is 11.7 Å². The number of β-amino-alcohol motifs (C(OH)–C–C–N with tert-alkyl or cyclic N) is 1. The van der Waals surface area contributed by atoms with Crippen molar-refractivity contribution < 1.29 is 9.63 Å². The molecule has 6 heteroatoms. The Balaban J connectivity index is 1.69. The van der Waals surface area contributed by atoms with Crippen molar-refractivity contribution in [2.75, 3.05) is 13.1 Å². The maximum Gasteiger partial charge on any atom is 0.241 e. The zero-order chi connectivity index (χ0) is 13.9. The minimum Gasteiger partial charge on any atom is -0.392 e. The van der Waals surface area contributed by atoms with Gasteiger partial charge in [0.25, 0.3) is 0 Å². The molecule has 1 fully saturated rings. The molecule has 0 spiro atoms. The molecule has 1 aliphatic rings. The molecule has 2 heterocycles. The summed E-state index contributed by atoms with van der Waals surface area (Å²) in [6.45, 7) is 2.20. The Morgan fingerprint density at radius 1 is 1.35 bits per heavy atom. The van der Waals surface area contributed by atoms with E-state index in [0.29, 0.717) is 29.8 Å². The number of halogens is 1. The van der Waals surface area contributed by atoms with Crippen molar-refractivity contribution >= 4 is 11.6 Å². The fourth-order valence-corrected chi connectivity index (χ4v) is 2.53. The van der Waals surface area contributed by atoms with Gasteiger partial charge >= 0.3 is 0 Å². The maximum absolute atomic E-state index is 9.65. The summed E-state index contributed by atoms with van der Waals surface area (Å²) in [6.07, 6.45) is 1.62. The van der Waals surface area contributed by atoms with E-state index < -0.39 is 0 Å². The average molecular weight is 294 g/mol. The van der Waals surface area contributed by atoms with Gasteiger partial charge in [-0.1, -0.05) is 16.8 Å². The molecule has 1 atom stereocenters. The number of hydrogen-bond donors (Lipinski definition) is 1. The highest BCUT2D eigenvalue weighted by molar-refractivity contribution is 6.30. The molecule has 2 aromatic rings. The molecule has 0 bridgehead atoms. The number of piperidine rings is 1. The van der Waals surface area contributed by atoms with Gasteiger partial charge in [-0.2, -0.15) is 4.98 Å². The van der Waals surface area contributed by atoms with Crippen molar-refractivity contribution in [3.8, 4) is 11.4 Å². The van der Waals surface area contributed by atoms with E-state index in [1.165, 1.54) is 0 Å². The van der Waals surface area contributed by atoms with Gasteiger partial charge in [0.05, 0.1) is 12.6 Å². The number of aliphatic hydroxyl groups excluding tert-OH is 1. The van der Waals surface area contributed by atoms with Crippen LogP contribution < -0.4 is 0 Å². The van der Waals surface area contributed by atoms with Gasteiger partial charge in [-0.25, -0.2) is 0 Å². The molecule has 0 saturated carbocycles. The number of likely N-dealkylation sites (tertiary alicyclic amines) is 1. The molecule has 20 heavy (non-hydrogen) atoms. The van der Waals surface area contributed by atoms with Crippen LogP contribution in [-0.4, -0.2) is 39.3 Å². The van der Waals surface area contributed by atoms with E-state index >= 15 is 0 Å². The Bertz CT molecular complexity index is 570. The molecular formula is C14H16ClN3O2. The van der Waals surface area contributed by atoms with Crippen molar-refractivity contribution in [1.82, 2.24) is 15.0 Å². The predicted octanol–water partition coefficient (Wildman–Crippen LogP) is 2.35. The van der Waals surface area contributed by atoms with E-state index in [2.05, 4.69) is 15.0 Å². The SMILES string of the molecule is O[C@@H]1CCCN(Cc2nc(-c3ccc(Cl)cc3)no2)C1. The highest BCUT2D eigenvalue weighted by atomic mass is 35.5. The average Bonchev–Trinajstić information content (AvgIpc) is 2.88. The molecule has 0 unspecified atom stereocenters. The van der Waals surface area contributed by atoms with Gasteiger partial charge in [-0.3, -0.25) is 4.90 Å². The van der Waals surface area contributed by atoms with E-state index in [1.54, 1.807) is 12.1 Å². The number of aliphatic hydroxyl groups is 1. The van der Waals surface area contributed by atoms with Gasteiger partial charge in [0.15, 0.2) is 0 Å². The summed E-state index contributed by atoms with van der Waals surface area (Å²) in [6, 6.07) is 7.32. The van der Waals surface area contributed by atoms with Gasteiger partial charge in [0.1, 0.15) is 0 Å². The molecule has 1 aliphatic heterocycles. The number of benzene rings is 1. The molecule has 1 N–H and O–H groups in total. The Hall–Kier alpha value is -1.43. The van der Waals surface area contributed by atoms with Crippen LogP contribution in [0.1, 0.15) is 18.7 Å². The van der Waals surface area contributed by atoms with E-state index in [4.69, 9.17) is 16.1 Å². The summed E-state index contributed by atoms with van der Waals surface area (Å²) < 4.78 is 5.27. The minimum absolute atomic E-state index is 0.248. The first-order chi connectivity index (χ1) is 9.70. The van der Waals surface area contributed by atoms with Crippen molar-refractivity contribution in [3.05, 3.63) is 35.2 Å². The summed E-state index contributed by atoms with van der Waals surface area (Å²) in [7, 11) is 0. The van der Waals surface area contributed by atoms with Crippen LogP contribution in [0.25, 0.3) is 11.4 Å². The number of nitrogens with zero attached hydrogens (tertiary/aromatic N) is 3. The third kappa shape index (κ3) is 3.17. The van der Waals surface area contributed by atoms with Crippen LogP contribution in [0.2, 0.25) is 5.02 Å². The van der Waals surface area contributed by atoms with Crippen LogP contribution in [0.15, 0.2) is 28.8 Å². The lowest BCUT2D eigenvalue weighted by Gasteiger charge is -2.28. The number of rotatable bonds is 3. The second kappa shape index (κ2) is 5.91. The second-order valence-electron chi connectivity index (χ2n) is 5.05. The molecule has 5 nitrogen and oxygen atoms in total. The van der Waals surface area contributed by atoms with Gasteiger partial charge < -0.3 is 9.63 Å². The fourth-order valence-electron chi connectivity index (χ4n) is 2.40. The van der Waals surface area contributed by atoms with Crippen molar-refractivity contribution in [3.63, 3.8) is 0 Å². The molecular weight excluding hydrogens is 278 g/mol. The zero-order valence-electron chi connectivity index (χ0n) is 11.0. The van der Waals surface area contributed by atoms with Crippen LogP contribution in [0.4, 0.5) is 0 Å². The molecule has 1 saturated heterocycles. The zero-order valence-corrected chi connectivity index (χ0v) is 11.8. The highest BCUT2D eigenvalue weighted by Crippen LogP contribution is 2.19. The molecule has 106 valence electrons. The van der Waals surface area contributed by atoms with E-state index in [9.17, 15) is 5.11 Å². The standard InChI is InChI=1S/C14H16ClN3O2/c15-11-5-3-10(4-6-11)14-16-13(20-17-14)9-18-7-1-2-12(19)8-18/h3-6,12,19H,1-2,7-9H2/t12-/m1/s1. The summed E-state index contributed by atoms with van der Waals surface area (Å²) in [5.41, 5.74) is 0.878. The quantitative estimate of drug-likeness (QED) is 0.941. The normalized spacial score (nSPS) is 20.2. The third-order valence-electron chi connectivity index (χ3n) is 3.41. The minimum atomic E-state index is -0.248. The molecule has 0 amide bonds. The van der Waals surface area contributed by atoms with Crippen LogP contribution in [0, 0.1) is 0 Å². The van der Waals surface area contributed by atoms with Gasteiger partial charge in [-0.15, -0.1) is 0 Å². The topological polar surface area (TPSA) is 62.4 Å². The summed E-state index contributed by atoms with van der Waals surface area (Å²) in [5.74, 6) is 1.14. The largest absolute Gasteiger partial charge is 0.392 e. The monoisotopic (exact) mass is 293 g/mol. The van der Waals surface area contributed by atoms with Crippen LogP contribution in [0.3, 0.4) is 0 Å². The first-order valence-electron chi connectivity index (χ1n) is 6.69. The summed E-state index contributed by atoms with van der Waals surface area (Å²) in [4.78, 5) is 6.52. The van der Waals surface area contributed by atoms with Gasteiger partial charge in [-0.05, 0) is 43.7 Å². The first kappa shape index (κ1) is 13.5. The van der Waals surface area contributed by atoms with Crippen molar-refractivity contribution in [1.29, 1.82) is 0 Å². The molecule has 1 aromatic heterocycles. The molecule has 0 radical (unpaired) electrons. The predicted molar refractivity (Wildman–Crippen MR) is 75.3 cm³/mol. The van der Waals surface area contributed by atoms with Gasteiger partial charge in [0, 0.05) is 17.1 Å². The lowest BCUT2D eigenvalue weighted by molar-refractivity contribution is 0.0613. The van der Waals surface area contributed by atoms with E-state index in [-0.39, 0.29) is 6.10 Å². The Morgan fingerprint density at radius 3 is 2.90 bits per heavy atom. The Labute approximate surface area is 122 Å². The summed E-state index contributed by atoms with van der Waals surface area (Å²) in [5, 5.41) is 14.3. The highest BCUT2D eigenvalue weighted by Gasteiger charge is 2.20. The van der Waals surface area contributed by atoms with E-state index in [0.717, 1.165) is 24.9 Å². The molecule has 0 aliphatic carbocycles. The van der Waals surface area contributed by atoms with Crippen LogP contribution >= 0.6 is 11.6 Å². The Kier molecular flexibility index (Phi) is 4.00. The lowest BCUT2D eigenvalue weighted by atomic mass is 10.1. The third-order valence-corrected chi connectivity index (χ3v) is 3.66. The van der Waals surface area contributed by atoms with Crippen molar-refractivity contribution in [2.24, 2.45) is 0 Å². The van der Waals surface area contributed by atoms with Crippen LogP contribution in [-0.2, 0) is 6.54 Å². The second-order valence-corrected chi connectivity index (χ2v) is 5.49. The Morgan fingerprint density at radius 2 is 2.15 bits per heavy atom. The first-order valence-corrected chi connectivity index (χ1v) is 7.07. The maximum atomic E-state index is 9.65. The smallest absolute Gasteiger partial charge is 0.241 e. The number of hydrogen-bond acceptors (Lipinski definition) is 5.